The molecule has 2 aromatic heterocycles. The number of methoxy groups -OCH3 is 2. The first-order valence-electron chi connectivity index (χ1n) is 10.5. The largest absolute Gasteiger partial charge is 0.497 e. The number of rotatable bonds is 9. The minimum Gasteiger partial charge on any atom is -0.497 e. The molecule has 178 valence electrons. The van der Waals surface area contributed by atoms with Gasteiger partial charge in [0, 0.05) is 22.8 Å². The summed E-state index contributed by atoms with van der Waals surface area (Å²) in [5, 5.41) is 7.79. The Morgan fingerprint density at radius 2 is 1.74 bits per heavy atom. The number of hydrogen-bond donors (Lipinski definition) is 2. The van der Waals surface area contributed by atoms with E-state index in [1.165, 1.54) is 18.4 Å². The Hall–Kier alpha value is -4.44. The van der Waals surface area contributed by atoms with Crippen molar-refractivity contribution in [3.05, 3.63) is 77.8 Å². The summed E-state index contributed by atoms with van der Waals surface area (Å²) in [7, 11) is 3.03. The van der Waals surface area contributed by atoms with Crippen molar-refractivity contribution in [2.75, 3.05) is 31.5 Å². The van der Waals surface area contributed by atoms with Crippen LogP contribution in [0.1, 0.15) is 10.4 Å². The Labute approximate surface area is 205 Å². The average molecular weight is 491 g/mol. The third-order valence-corrected chi connectivity index (χ3v) is 5.57. The number of hydrogen-bond acceptors (Lipinski definition) is 8. The molecule has 4 rings (SSSR count). The molecule has 4 aromatic rings. The highest BCUT2D eigenvalue weighted by Gasteiger charge is 2.15. The number of pyridine rings is 1. The predicted octanol–water partition coefficient (Wildman–Crippen LogP) is 4.49. The van der Waals surface area contributed by atoms with Gasteiger partial charge >= 0.3 is 0 Å². The van der Waals surface area contributed by atoms with E-state index in [0.717, 1.165) is 5.69 Å². The molecule has 35 heavy (non-hydrogen) atoms. The van der Waals surface area contributed by atoms with Crippen LogP contribution >= 0.6 is 11.3 Å². The number of carbonyl (C=O) groups excluding carboxylic acids is 2. The van der Waals surface area contributed by atoms with Gasteiger partial charge < -0.3 is 19.5 Å². The molecular weight excluding hydrogens is 468 g/mol. The van der Waals surface area contributed by atoms with Gasteiger partial charge in [-0.2, -0.15) is 0 Å². The van der Waals surface area contributed by atoms with Crippen LogP contribution in [0, 0.1) is 0 Å². The van der Waals surface area contributed by atoms with Gasteiger partial charge in [0.05, 0.1) is 19.9 Å². The summed E-state index contributed by atoms with van der Waals surface area (Å²) in [6.45, 7) is -0.233. The summed E-state index contributed by atoms with van der Waals surface area (Å²) >= 11 is 1.30. The number of anilines is 2. The SMILES string of the molecule is COc1ccc(NC(=O)COc2ccc(C(=O)Nc3nc(-c4ccccn4)cs3)cc2OC)cc1. The molecule has 0 saturated carbocycles. The van der Waals surface area contributed by atoms with E-state index in [1.807, 2.05) is 23.6 Å². The third-order valence-electron chi connectivity index (χ3n) is 4.81. The maximum absolute atomic E-state index is 12.7. The van der Waals surface area contributed by atoms with E-state index in [0.29, 0.717) is 39.3 Å². The minimum atomic E-state index is -0.353. The molecule has 0 spiro atoms. The van der Waals surface area contributed by atoms with Crippen LogP contribution in [0.15, 0.2) is 72.2 Å². The van der Waals surface area contributed by atoms with E-state index in [-0.39, 0.29) is 18.4 Å². The highest BCUT2D eigenvalue weighted by molar-refractivity contribution is 7.14. The fourth-order valence-electron chi connectivity index (χ4n) is 3.08. The monoisotopic (exact) mass is 490 g/mol. The number of thiazole rings is 1. The predicted molar refractivity (Wildman–Crippen MR) is 133 cm³/mol. The van der Waals surface area contributed by atoms with Gasteiger partial charge in [-0.05, 0) is 54.6 Å². The van der Waals surface area contributed by atoms with Gasteiger partial charge in [0.25, 0.3) is 11.8 Å². The average Bonchev–Trinajstić information content (AvgIpc) is 3.36. The molecule has 0 atom stereocenters. The topological polar surface area (TPSA) is 112 Å². The maximum atomic E-state index is 12.7. The third kappa shape index (κ3) is 6.12. The summed E-state index contributed by atoms with van der Waals surface area (Å²) in [5.74, 6) is 0.654. The molecule has 0 bridgehead atoms. The van der Waals surface area contributed by atoms with Crippen LogP contribution in [0.4, 0.5) is 10.8 Å². The van der Waals surface area contributed by atoms with Crippen LogP contribution in [0.2, 0.25) is 0 Å². The zero-order valence-electron chi connectivity index (χ0n) is 19.0. The molecule has 0 saturated heterocycles. The van der Waals surface area contributed by atoms with Gasteiger partial charge in [-0.3, -0.25) is 19.9 Å². The molecule has 2 N–H and O–H groups in total. The molecule has 2 amide bonds. The molecule has 0 unspecified atom stereocenters. The quantitative estimate of drug-likeness (QED) is 0.355. The smallest absolute Gasteiger partial charge is 0.262 e. The van der Waals surface area contributed by atoms with Crippen molar-refractivity contribution in [3.8, 4) is 28.6 Å². The number of nitrogens with zero attached hydrogens (tertiary/aromatic N) is 2. The normalized spacial score (nSPS) is 10.3. The van der Waals surface area contributed by atoms with Gasteiger partial charge in [-0.25, -0.2) is 4.98 Å². The molecule has 2 aromatic carbocycles. The number of amides is 2. The summed E-state index contributed by atoms with van der Waals surface area (Å²) in [5.41, 5.74) is 2.38. The van der Waals surface area contributed by atoms with Gasteiger partial charge in [0.1, 0.15) is 11.4 Å². The molecule has 10 heteroatoms. The van der Waals surface area contributed by atoms with E-state index in [9.17, 15) is 9.59 Å². The lowest BCUT2D eigenvalue weighted by Crippen LogP contribution is -2.20. The second-order valence-electron chi connectivity index (χ2n) is 7.14. The number of aromatic nitrogens is 2. The maximum Gasteiger partial charge on any atom is 0.262 e. The van der Waals surface area contributed by atoms with Crippen LogP contribution in [0.3, 0.4) is 0 Å². The van der Waals surface area contributed by atoms with Gasteiger partial charge in [-0.15, -0.1) is 11.3 Å². The van der Waals surface area contributed by atoms with Crippen molar-refractivity contribution in [2.24, 2.45) is 0 Å². The Bertz CT molecular complexity index is 1310. The van der Waals surface area contributed by atoms with E-state index < -0.39 is 0 Å². The fourth-order valence-corrected chi connectivity index (χ4v) is 3.77. The lowest BCUT2D eigenvalue weighted by Gasteiger charge is -2.12. The van der Waals surface area contributed by atoms with Gasteiger partial charge in [0.15, 0.2) is 23.2 Å². The molecule has 0 aliphatic heterocycles. The highest BCUT2D eigenvalue weighted by Crippen LogP contribution is 2.29. The minimum absolute atomic E-state index is 0.233. The van der Waals surface area contributed by atoms with E-state index in [1.54, 1.807) is 55.8 Å². The van der Waals surface area contributed by atoms with Crippen LogP contribution < -0.4 is 24.8 Å². The Morgan fingerprint density at radius 1 is 0.914 bits per heavy atom. The van der Waals surface area contributed by atoms with E-state index in [2.05, 4.69) is 20.6 Å². The van der Waals surface area contributed by atoms with Crippen molar-refractivity contribution in [3.63, 3.8) is 0 Å². The van der Waals surface area contributed by atoms with Crippen LogP contribution in [-0.4, -0.2) is 42.6 Å². The first kappa shape index (κ1) is 23.7. The second kappa shape index (κ2) is 11.1. The van der Waals surface area contributed by atoms with Crippen LogP contribution in [-0.2, 0) is 4.79 Å². The summed E-state index contributed by atoms with van der Waals surface area (Å²) in [6, 6.07) is 17.2. The fraction of sp³-hybridized carbons (Fsp3) is 0.120. The molecule has 0 radical (unpaired) electrons. The summed E-state index contributed by atoms with van der Waals surface area (Å²) in [6.07, 6.45) is 1.69. The molecule has 0 aliphatic carbocycles. The summed E-state index contributed by atoms with van der Waals surface area (Å²) in [4.78, 5) is 33.6. The number of carbonyl (C=O) groups is 2. The van der Waals surface area contributed by atoms with E-state index >= 15 is 0 Å². The standard InChI is InChI=1S/C25H22N4O5S/c1-32-18-9-7-17(8-10-18)27-23(30)14-34-21-11-6-16(13-22(21)33-2)24(31)29-25-28-20(15-35-25)19-5-3-4-12-26-19/h3-13,15H,14H2,1-2H3,(H,27,30)(H,28,29,31). The zero-order valence-corrected chi connectivity index (χ0v) is 19.8. The van der Waals surface area contributed by atoms with Crippen molar-refractivity contribution < 1.29 is 23.8 Å². The van der Waals surface area contributed by atoms with Crippen molar-refractivity contribution >= 4 is 34.0 Å². The molecule has 0 aliphatic rings. The lowest BCUT2D eigenvalue weighted by molar-refractivity contribution is -0.118. The number of nitrogens with one attached hydrogen (secondary N) is 2. The highest BCUT2D eigenvalue weighted by atomic mass is 32.1. The van der Waals surface area contributed by atoms with Crippen molar-refractivity contribution in [1.29, 1.82) is 0 Å². The van der Waals surface area contributed by atoms with Crippen LogP contribution in [0.5, 0.6) is 17.2 Å². The van der Waals surface area contributed by atoms with Crippen molar-refractivity contribution in [1.82, 2.24) is 9.97 Å². The number of benzene rings is 2. The Kier molecular flexibility index (Phi) is 7.53. The molecule has 9 nitrogen and oxygen atoms in total. The first-order valence-corrected chi connectivity index (χ1v) is 11.4. The number of ether oxygens (including phenoxy) is 3. The second-order valence-corrected chi connectivity index (χ2v) is 8.00. The summed E-state index contributed by atoms with van der Waals surface area (Å²) < 4.78 is 16.1. The molecular formula is C25H22N4O5S. The Balaban J connectivity index is 1.36. The Morgan fingerprint density at radius 3 is 2.46 bits per heavy atom. The lowest BCUT2D eigenvalue weighted by atomic mass is 10.2. The first-order chi connectivity index (χ1) is 17.1. The van der Waals surface area contributed by atoms with Crippen molar-refractivity contribution in [2.45, 2.75) is 0 Å². The van der Waals surface area contributed by atoms with Gasteiger partial charge in [0.2, 0.25) is 0 Å². The van der Waals surface area contributed by atoms with E-state index in [4.69, 9.17) is 14.2 Å². The zero-order chi connectivity index (χ0) is 24.6. The molecule has 0 fully saturated rings. The molecule has 2 heterocycles. The van der Waals surface area contributed by atoms with Gasteiger partial charge in [-0.1, -0.05) is 6.07 Å². The van der Waals surface area contributed by atoms with Crippen LogP contribution in [0.25, 0.3) is 11.4 Å².